The van der Waals surface area contributed by atoms with E-state index in [1.165, 1.54) is 6.07 Å². The Morgan fingerprint density at radius 3 is 2.86 bits per heavy atom. The molecule has 0 bridgehead atoms. The average molecular weight is 299 g/mol. The number of phenols is 1. The highest BCUT2D eigenvalue weighted by Gasteiger charge is 2.12. The van der Waals surface area contributed by atoms with Gasteiger partial charge in [0, 0.05) is 23.6 Å². The normalized spacial score (nSPS) is 12.6. The number of benzene rings is 1. The second-order valence-electron chi connectivity index (χ2n) is 5.30. The van der Waals surface area contributed by atoms with Crippen LogP contribution in [0.3, 0.4) is 0 Å². The molecule has 22 heavy (non-hydrogen) atoms. The molecule has 0 spiro atoms. The molecule has 0 amide bonds. The van der Waals surface area contributed by atoms with Crippen LogP contribution in [0.4, 0.5) is 0 Å². The van der Waals surface area contributed by atoms with Crippen LogP contribution < -0.4 is 10.9 Å². The predicted octanol–water partition coefficient (Wildman–Crippen LogP) is 3.25. The summed E-state index contributed by atoms with van der Waals surface area (Å²) in [4.78, 5) is 11.7. The SMILES string of the molecule is Cc1c(O)ccc2c(CN[C@@H](C)c3ccco3)cc(=O)oc12. The molecular weight excluding hydrogens is 282 g/mol. The summed E-state index contributed by atoms with van der Waals surface area (Å²) in [6.07, 6.45) is 1.63. The van der Waals surface area contributed by atoms with Crippen LogP contribution in [-0.4, -0.2) is 5.11 Å². The maximum atomic E-state index is 11.7. The molecule has 0 aliphatic heterocycles. The van der Waals surface area contributed by atoms with E-state index in [1.54, 1.807) is 25.3 Å². The number of nitrogens with one attached hydrogen (secondary N) is 1. The maximum Gasteiger partial charge on any atom is 0.336 e. The summed E-state index contributed by atoms with van der Waals surface area (Å²) in [5.74, 6) is 0.950. The van der Waals surface area contributed by atoms with E-state index in [0.717, 1.165) is 16.7 Å². The Balaban J connectivity index is 1.94. The summed E-state index contributed by atoms with van der Waals surface area (Å²) in [6, 6.07) is 8.60. The molecule has 5 nitrogen and oxygen atoms in total. The highest BCUT2D eigenvalue weighted by Crippen LogP contribution is 2.27. The van der Waals surface area contributed by atoms with E-state index in [2.05, 4.69) is 5.32 Å². The molecule has 3 aromatic rings. The monoisotopic (exact) mass is 299 g/mol. The van der Waals surface area contributed by atoms with E-state index in [-0.39, 0.29) is 11.8 Å². The standard InChI is InChI=1S/C17H17NO4/c1-10-14(19)6-5-13-12(8-16(20)22-17(10)13)9-18-11(2)15-4-3-7-21-15/h3-8,11,18-19H,9H2,1-2H3/t11-/m0/s1. The number of fused-ring (bicyclic) bond motifs is 1. The van der Waals surface area contributed by atoms with Crippen molar-refractivity contribution in [3.63, 3.8) is 0 Å². The van der Waals surface area contributed by atoms with Crippen molar-refractivity contribution in [1.29, 1.82) is 0 Å². The minimum Gasteiger partial charge on any atom is -0.508 e. The highest BCUT2D eigenvalue weighted by molar-refractivity contribution is 5.84. The summed E-state index contributed by atoms with van der Waals surface area (Å²) in [6.45, 7) is 4.21. The maximum absolute atomic E-state index is 11.7. The van der Waals surface area contributed by atoms with Crippen LogP contribution in [0.1, 0.15) is 29.9 Å². The molecule has 0 radical (unpaired) electrons. The first-order chi connectivity index (χ1) is 10.6. The van der Waals surface area contributed by atoms with E-state index >= 15 is 0 Å². The fourth-order valence-electron chi connectivity index (χ4n) is 2.46. The molecule has 2 heterocycles. The zero-order valence-electron chi connectivity index (χ0n) is 12.4. The number of phenolic OH excluding ortho intramolecular Hbond substituents is 1. The van der Waals surface area contributed by atoms with Crippen molar-refractivity contribution in [2.75, 3.05) is 0 Å². The van der Waals surface area contributed by atoms with E-state index in [4.69, 9.17) is 8.83 Å². The van der Waals surface area contributed by atoms with Crippen LogP contribution in [0.2, 0.25) is 0 Å². The van der Waals surface area contributed by atoms with E-state index < -0.39 is 5.63 Å². The van der Waals surface area contributed by atoms with E-state index in [1.807, 2.05) is 19.1 Å². The van der Waals surface area contributed by atoms with Gasteiger partial charge in [0.05, 0.1) is 12.3 Å². The van der Waals surface area contributed by atoms with Gasteiger partial charge in [0.15, 0.2) is 0 Å². The Morgan fingerprint density at radius 2 is 2.14 bits per heavy atom. The minimum absolute atomic E-state index is 0.0236. The average Bonchev–Trinajstić information content (AvgIpc) is 3.03. The number of aromatic hydroxyl groups is 1. The van der Waals surface area contributed by atoms with Gasteiger partial charge in [-0.05, 0) is 43.7 Å². The zero-order valence-corrected chi connectivity index (χ0v) is 12.4. The van der Waals surface area contributed by atoms with E-state index in [0.29, 0.717) is 17.7 Å². The number of rotatable bonds is 4. The minimum atomic E-state index is -0.427. The van der Waals surface area contributed by atoms with Gasteiger partial charge < -0.3 is 19.3 Å². The van der Waals surface area contributed by atoms with Crippen molar-refractivity contribution < 1.29 is 13.9 Å². The Hall–Kier alpha value is -2.53. The molecule has 2 N–H and O–H groups in total. The lowest BCUT2D eigenvalue weighted by atomic mass is 10.1. The first kappa shape index (κ1) is 14.4. The molecule has 114 valence electrons. The molecule has 0 saturated heterocycles. The Kier molecular flexibility index (Phi) is 3.73. The predicted molar refractivity (Wildman–Crippen MR) is 82.8 cm³/mol. The van der Waals surface area contributed by atoms with Gasteiger partial charge in [0.1, 0.15) is 17.1 Å². The molecule has 0 unspecified atom stereocenters. The molecule has 1 atom stereocenters. The van der Waals surface area contributed by atoms with Gasteiger partial charge in [-0.15, -0.1) is 0 Å². The van der Waals surface area contributed by atoms with Crippen molar-refractivity contribution in [3.8, 4) is 5.75 Å². The molecule has 0 aliphatic rings. The van der Waals surface area contributed by atoms with Crippen LogP contribution in [0.15, 0.2) is 50.2 Å². The zero-order chi connectivity index (χ0) is 15.7. The third-order valence-electron chi connectivity index (χ3n) is 3.79. The smallest absolute Gasteiger partial charge is 0.336 e. The molecular formula is C17H17NO4. The molecule has 1 aromatic carbocycles. The fraction of sp³-hybridized carbons (Fsp3) is 0.235. The van der Waals surface area contributed by atoms with Crippen molar-refractivity contribution in [2.24, 2.45) is 0 Å². The lowest BCUT2D eigenvalue weighted by Crippen LogP contribution is -2.18. The second kappa shape index (κ2) is 5.69. The molecule has 3 rings (SSSR count). The summed E-state index contributed by atoms with van der Waals surface area (Å²) < 4.78 is 10.6. The largest absolute Gasteiger partial charge is 0.508 e. The van der Waals surface area contributed by atoms with Crippen molar-refractivity contribution in [1.82, 2.24) is 5.32 Å². The van der Waals surface area contributed by atoms with Gasteiger partial charge >= 0.3 is 5.63 Å². The van der Waals surface area contributed by atoms with Gasteiger partial charge in [-0.25, -0.2) is 4.79 Å². The van der Waals surface area contributed by atoms with Crippen LogP contribution in [-0.2, 0) is 6.54 Å². The second-order valence-corrected chi connectivity index (χ2v) is 5.30. The van der Waals surface area contributed by atoms with Gasteiger partial charge in [0.2, 0.25) is 0 Å². The van der Waals surface area contributed by atoms with Crippen molar-refractivity contribution >= 4 is 11.0 Å². The van der Waals surface area contributed by atoms with Gasteiger partial charge in [-0.2, -0.15) is 0 Å². The number of aryl methyl sites for hydroxylation is 1. The molecule has 2 aromatic heterocycles. The molecule has 5 heteroatoms. The van der Waals surface area contributed by atoms with Crippen molar-refractivity contribution in [3.05, 3.63) is 63.9 Å². The highest BCUT2D eigenvalue weighted by atomic mass is 16.4. The van der Waals surface area contributed by atoms with Gasteiger partial charge in [-0.1, -0.05) is 0 Å². The van der Waals surface area contributed by atoms with Crippen molar-refractivity contribution in [2.45, 2.75) is 26.4 Å². The fourth-order valence-corrected chi connectivity index (χ4v) is 2.46. The number of hydrogen-bond acceptors (Lipinski definition) is 5. The Bertz CT molecular complexity index is 849. The van der Waals surface area contributed by atoms with Crippen LogP contribution >= 0.6 is 0 Å². The number of hydrogen-bond donors (Lipinski definition) is 2. The first-order valence-corrected chi connectivity index (χ1v) is 7.08. The molecule has 0 fully saturated rings. The van der Waals surface area contributed by atoms with Crippen LogP contribution in [0, 0.1) is 6.92 Å². The number of furan rings is 1. The lowest BCUT2D eigenvalue weighted by Gasteiger charge is -2.13. The third kappa shape index (κ3) is 2.63. The topological polar surface area (TPSA) is 75.6 Å². The summed E-state index contributed by atoms with van der Waals surface area (Å²) in [5.41, 5.74) is 1.39. The first-order valence-electron chi connectivity index (χ1n) is 7.08. The Morgan fingerprint density at radius 1 is 1.32 bits per heavy atom. The quantitative estimate of drug-likeness (QED) is 0.723. The van der Waals surface area contributed by atoms with Gasteiger partial charge in [-0.3, -0.25) is 0 Å². The van der Waals surface area contributed by atoms with E-state index in [9.17, 15) is 9.90 Å². The summed E-state index contributed by atoms with van der Waals surface area (Å²) in [5, 5.41) is 13.9. The van der Waals surface area contributed by atoms with Crippen LogP contribution in [0.5, 0.6) is 5.75 Å². The summed E-state index contributed by atoms with van der Waals surface area (Å²) in [7, 11) is 0. The Labute approximate surface area is 127 Å². The van der Waals surface area contributed by atoms with Gasteiger partial charge in [0.25, 0.3) is 0 Å². The lowest BCUT2D eigenvalue weighted by molar-refractivity contribution is 0.430. The molecule has 0 saturated carbocycles. The van der Waals surface area contributed by atoms with Crippen LogP contribution in [0.25, 0.3) is 11.0 Å². The molecule has 0 aliphatic carbocycles. The summed E-state index contributed by atoms with van der Waals surface area (Å²) >= 11 is 0. The third-order valence-corrected chi connectivity index (χ3v) is 3.79.